The number of aliphatic hydroxyl groups is 1. The lowest BCUT2D eigenvalue weighted by atomic mass is 10.3. The van der Waals surface area contributed by atoms with E-state index in [1.807, 2.05) is 14.0 Å². The fourth-order valence-electron chi connectivity index (χ4n) is 1.13. The van der Waals surface area contributed by atoms with Gasteiger partial charge in [-0.1, -0.05) is 0 Å². The Morgan fingerprint density at radius 2 is 2.22 bits per heavy atom. The first-order valence-electron chi connectivity index (χ1n) is 3.20. The number of likely N-dealkylation sites (N-methyl/N-ethyl adjacent to an activating group) is 1. The average Bonchev–Trinajstić information content (AvgIpc) is 1.59. The summed E-state index contributed by atoms with van der Waals surface area (Å²) in [6, 6.07) is 0. The topological polar surface area (TPSA) is 32.7 Å². The van der Waals surface area contributed by atoms with Crippen molar-refractivity contribution in [3.8, 4) is 0 Å². The van der Waals surface area contributed by atoms with E-state index in [2.05, 4.69) is 4.90 Å². The second-order valence-electron chi connectivity index (χ2n) is 2.62. The van der Waals surface area contributed by atoms with E-state index in [0.717, 1.165) is 6.54 Å². The van der Waals surface area contributed by atoms with Gasteiger partial charge in [-0.05, 0) is 14.0 Å². The van der Waals surface area contributed by atoms with Gasteiger partial charge in [-0.3, -0.25) is 4.90 Å². The summed E-state index contributed by atoms with van der Waals surface area (Å²) in [7, 11) is 1.97. The minimum absolute atomic E-state index is 0.166. The predicted molar refractivity (Wildman–Crippen MR) is 34.1 cm³/mol. The molecule has 54 valence electrons. The zero-order valence-electron chi connectivity index (χ0n) is 5.87. The molecule has 9 heavy (non-hydrogen) atoms. The number of hydrogen-bond donors (Lipinski definition) is 1. The number of morpholine rings is 1. The highest BCUT2D eigenvalue weighted by Crippen LogP contribution is 2.05. The van der Waals surface area contributed by atoms with Gasteiger partial charge in [-0.15, -0.1) is 0 Å². The Hall–Kier alpha value is -0.120. The second kappa shape index (κ2) is 2.64. The van der Waals surface area contributed by atoms with Crippen molar-refractivity contribution in [3.05, 3.63) is 0 Å². The maximum absolute atomic E-state index is 8.99. The van der Waals surface area contributed by atoms with Crippen LogP contribution < -0.4 is 0 Å². The molecule has 1 saturated heterocycles. The van der Waals surface area contributed by atoms with Crippen molar-refractivity contribution >= 4 is 0 Å². The van der Waals surface area contributed by atoms with Crippen LogP contribution in [0.5, 0.6) is 0 Å². The molecule has 1 rings (SSSR count). The molecular weight excluding hydrogens is 118 g/mol. The van der Waals surface area contributed by atoms with Gasteiger partial charge in [-0.25, -0.2) is 0 Å². The lowest BCUT2D eigenvalue weighted by molar-refractivity contribution is -0.173. The summed E-state index contributed by atoms with van der Waals surface area (Å²) < 4.78 is 5.07. The van der Waals surface area contributed by atoms with Crippen LogP contribution in [0.2, 0.25) is 0 Å². The quantitative estimate of drug-likeness (QED) is 0.488. The molecule has 0 aliphatic carbocycles. The summed E-state index contributed by atoms with van der Waals surface area (Å²) in [6.45, 7) is 3.50. The Morgan fingerprint density at radius 1 is 1.56 bits per heavy atom. The molecule has 1 aliphatic rings. The Morgan fingerprint density at radius 3 is 2.67 bits per heavy atom. The standard InChI is InChI=1S/C6H13NO2/c1-5-3-7(2)4-6(8)9-5/h5-6,8H,3-4H2,1-2H3/t5-,6-/m1/s1. The van der Waals surface area contributed by atoms with E-state index in [1.165, 1.54) is 0 Å². The molecule has 0 spiro atoms. The number of nitrogens with zero attached hydrogens (tertiary/aromatic N) is 1. The van der Waals surface area contributed by atoms with Gasteiger partial charge >= 0.3 is 0 Å². The highest BCUT2D eigenvalue weighted by atomic mass is 16.6. The van der Waals surface area contributed by atoms with Crippen molar-refractivity contribution in [2.75, 3.05) is 20.1 Å². The predicted octanol–water partition coefficient (Wildman–Crippen LogP) is -0.345. The van der Waals surface area contributed by atoms with E-state index < -0.39 is 6.29 Å². The highest BCUT2D eigenvalue weighted by Gasteiger charge is 2.19. The molecule has 2 atom stereocenters. The number of rotatable bonds is 0. The van der Waals surface area contributed by atoms with Gasteiger partial charge in [0.2, 0.25) is 0 Å². The fraction of sp³-hybridized carbons (Fsp3) is 1.00. The van der Waals surface area contributed by atoms with Crippen molar-refractivity contribution in [1.82, 2.24) is 4.90 Å². The Kier molecular flexibility index (Phi) is 2.05. The van der Waals surface area contributed by atoms with Crippen molar-refractivity contribution in [1.29, 1.82) is 0 Å². The molecule has 1 heterocycles. The van der Waals surface area contributed by atoms with Gasteiger partial charge < -0.3 is 9.84 Å². The van der Waals surface area contributed by atoms with Gasteiger partial charge in [0.15, 0.2) is 6.29 Å². The first-order chi connectivity index (χ1) is 4.18. The van der Waals surface area contributed by atoms with Crippen LogP contribution in [0, 0.1) is 0 Å². The number of aliphatic hydroxyl groups excluding tert-OH is 1. The minimum Gasteiger partial charge on any atom is -0.367 e. The van der Waals surface area contributed by atoms with Crippen LogP contribution in [-0.4, -0.2) is 42.5 Å². The molecule has 0 amide bonds. The van der Waals surface area contributed by atoms with Gasteiger partial charge in [-0.2, -0.15) is 0 Å². The van der Waals surface area contributed by atoms with Gasteiger partial charge in [0.05, 0.1) is 6.10 Å². The largest absolute Gasteiger partial charge is 0.367 e. The Labute approximate surface area is 55.2 Å². The molecule has 0 aromatic heterocycles. The van der Waals surface area contributed by atoms with Gasteiger partial charge in [0, 0.05) is 13.1 Å². The van der Waals surface area contributed by atoms with Crippen LogP contribution in [0.25, 0.3) is 0 Å². The monoisotopic (exact) mass is 131 g/mol. The summed E-state index contributed by atoms with van der Waals surface area (Å²) in [6.07, 6.45) is -0.419. The average molecular weight is 131 g/mol. The highest BCUT2D eigenvalue weighted by molar-refractivity contribution is 4.65. The minimum atomic E-state index is -0.584. The summed E-state index contributed by atoms with van der Waals surface area (Å²) in [5, 5.41) is 8.99. The molecule has 1 fully saturated rings. The van der Waals surface area contributed by atoms with Crippen molar-refractivity contribution in [2.45, 2.75) is 19.3 Å². The van der Waals surface area contributed by atoms with Crippen LogP contribution in [0.3, 0.4) is 0 Å². The smallest absolute Gasteiger partial charge is 0.167 e. The first kappa shape index (κ1) is 6.99. The molecule has 1 aliphatic heterocycles. The molecular formula is C6H13NO2. The third-order valence-electron chi connectivity index (χ3n) is 1.43. The maximum Gasteiger partial charge on any atom is 0.167 e. The Balaban J connectivity index is 2.34. The molecule has 0 unspecified atom stereocenters. The zero-order chi connectivity index (χ0) is 6.85. The van der Waals surface area contributed by atoms with Crippen LogP contribution >= 0.6 is 0 Å². The van der Waals surface area contributed by atoms with E-state index in [-0.39, 0.29) is 6.10 Å². The Bertz CT molecular complexity index is 72.0. The molecule has 3 heteroatoms. The molecule has 0 saturated carbocycles. The van der Waals surface area contributed by atoms with Crippen LogP contribution in [-0.2, 0) is 4.74 Å². The molecule has 0 aromatic rings. The summed E-state index contributed by atoms with van der Waals surface area (Å²) in [5.74, 6) is 0. The molecule has 0 bridgehead atoms. The van der Waals surface area contributed by atoms with E-state index in [9.17, 15) is 0 Å². The normalized spacial score (nSPS) is 39.0. The van der Waals surface area contributed by atoms with Crippen LogP contribution in [0.15, 0.2) is 0 Å². The first-order valence-corrected chi connectivity index (χ1v) is 3.20. The second-order valence-corrected chi connectivity index (χ2v) is 2.62. The van der Waals surface area contributed by atoms with E-state index in [1.54, 1.807) is 0 Å². The van der Waals surface area contributed by atoms with Gasteiger partial charge in [0.25, 0.3) is 0 Å². The van der Waals surface area contributed by atoms with E-state index >= 15 is 0 Å². The number of hydrogen-bond acceptors (Lipinski definition) is 3. The molecule has 3 nitrogen and oxygen atoms in total. The molecule has 0 aromatic carbocycles. The fourth-order valence-corrected chi connectivity index (χ4v) is 1.13. The van der Waals surface area contributed by atoms with Crippen molar-refractivity contribution < 1.29 is 9.84 Å². The number of β-amino-alcohol motifs (C(OH)–C–C–N with tert-alkyl or cyclic N) is 1. The zero-order valence-corrected chi connectivity index (χ0v) is 5.87. The van der Waals surface area contributed by atoms with Crippen LogP contribution in [0.4, 0.5) is 0 Å². The van der Waals surface area contributed by atoms with Crippen molar-refractivity contribution in [3.63, 3.8) is 0 Å². The lowest BCUT2D eigenvalue weighted by Gasteiger charge is -2.31. The lowest BCUT2D eigenvalue weighted by Crippen LogP contribution is -2.44. The van der Waals surface area contributed by atoms with E-state index in [4.69, 9.17) is 9.84 Å². The van der Waals surface area contributed by atoms with Crippen LogP contribution in [0.1, 0.15) is 6.92 Å². The van der Waals surface area contributed by atoms with E-state index in [0.29, 0.717) is 6.54 Å². The summed E-state index contributed by atoms with van der Waals surface area (Å²) in [5.41, 5.74) is 0. The third kappa shape index (κ3) is 1.93. The maximum atomic E-state index is 8.99. The van der Waals surface area contributed by atoms with Gasteiger partial charge in [0.1, 0.15) is 0 Å². The summed E-state index contributed by atoms with van der Waals surface area (Å²) in [4.78, 5) is 2.05. The molecule has 0 radical (unpaired) electrons. The SMILES string of the molecule is C[C@@H]1CN(C)C[C@H](O)O1. The van der Waals surface area contributed by atoms with Crippen molar-refractivity contribution in [2.24, 2.45) is 0 Å². The summed E-state index contributed by atoms with van der Waals surface area (Å²) >= 11 is 0. The third-order valence-corrected chi connectivity index (χ3v) is 1.43. The number of ether oxygens (including phenoxy) is 1. The molecule has 1 N–H and O–H groups in total.